The van der Waals surface area contributed by atoms with Crippen molar-refractivity contribution in [3.63, 3.8) is 0 Å². The van der Waals surface area contributed by atoms with E-state index in [2.05, 4.69) is 16.8 Å². The van der Waals surface area contributed by atoms with Crippen molar-refractivity contribution in [2.24, 2.45) is 35.0 Å². The molecule has 3 aliphatic rings. The Hall–Kier alpha value is -2.52. The highest BCUT2D eigenvalue weighted by Gasteiger charge is 2.46. The fourth-order valence-electron chi connectivity index (χ4n) is 6.32. The minimum absolute atomic E-state index is 0. The van der Waals surface area contributed by atoms with Gasteiger partial charge in [0.2, 0.25) is 0 Å². The molecule has 0 spiro atoms. The summed E-state index contributed by atoms with van der Waals surface area (Å²) in [7, 11) is 0. The number of alkyl halides is 3. The van der Waals surface area contributed by atoms with Crippen LogP contribution in [0.4, 0.5) is 13.2 Å². The van der Waals surface area contributed by atoms with Gasteiger partial charge in [0.05, 0.1) is 5.56 Å². The Labute approximate surface area is 240 Å². The second-order valence-electron chi connectivity index (χ2n) is 11.1. The third kappa shape index (κ3) is 8.26. The fraction of sp³-hybridized carbons (Fsp3) is 0.645. The summed E-state index contributed by atoms with van der Waals surface area (Å²) in [6.45, 7) is 11.7. The molecule has 0 bridgehead atoms. The van der Waals surface area contributed by atoms with E-state index in [4.69, 9.17) is 17.2 Å². The Morgan fingerprint density at radius 3 is 2.10 bits per heavy atom. The van der Waals surface area contributed by atoms with Gasteiger partial charge in [-0.1, -0.05) is 51.7 Å². The summed E-state index contributed by atoms with van der Waals surface area (Å²) in [5, 5.41) is 10.9. The van der Waals surface area contributed by atoms with E-state index in [1.54, 1.807) is 26.0 Å². The predicted molar refractivity (Wildman–Crippen MR) is 159 cm³/mol. The van der Waals surface area contributed by atoms with E-state index in [0.29, 0.717) is 17.1 Å². The van der Waals surface area contributed by atoms with E-state index in [9.17, 15) is 18.3 Å². The number of nitrogens with zero attached hydrogens (tertiary/aromatic N) is 2. The lowest BCUT2D eigenvalue weighted by Crippen LogP contribution is -2.51. The molecule has 2 saturated carbocycles. The van der Waals surface area contributed by atoms with Crippen molar-refractivity contribution in [3.05, 3.63) is 58.7 Å². The van der Waals surface area contributed by atoms with E-state index in [0.717, 1.165) is 43.4 Å². The zero-order valence-corrected chi connectivity index (χ0v) is 24.9. The molecule has 1 aromatic rings. The van der Waals surface area contributed by atoms with E-state index in [1.807, 2.05) is 13.8 Å². The first-order chi connectivity index (χ1) is 18.9. The van der Waals surface area contributed by atoms with Crippen molar-refractivity contribution in [1.29, 1.82) is 0 Å². The molecule has 3 fully saturated rings. The molecule has 0 radical (unpaired) electrons. The van der Waals surface area contributed by atoms with Crippen LogP contribution in [-0.2, 0) is 6.18 Å². The van der Waals surface area contributed by atoms with Crippen LogP contribution in [0.15, 0.2) is 47.6 Å². The highest BCUT2D eigenvalue weighted by Crippen LogP contribution is 2.43. The zero-order chi connectivity index (χ0) is 30.1. The summed E-state index contributed by atoms with van der Waals surface area (Å²) in [5.74, 6) is 2.29. The van der Waals surface area contributed by atoms with Crippen molar-refractivity contribution in [3.8, 4) is 0 Å². The molecule has 0 aromatic carbocycles. The van der Waals surface area contributed by atoms with Crippen molar-refractivity contribution < 1.29 is 19.7 Å². The van der Waals surface area contributed by atoms with Crippen LogP contribution in [0.5, 0.6) is 0 Å². The Morgan fingerprint density at radius 1 is 1.02 bits per heavy atom. The molecule has 40 heavy (non-hydrogen) atoms. The molecular weight excluding hydrogens is 515 g/mol. The van der Waals surface area contributed by atoms with Gasteiger partial charge in [-0.3, -0.25) is 9.88 Å². The van der Waals surface area contributed by atoms with Crippen molar-refractivity contribution in [2.75, 3.05) is 13.1 Å². The molecule has 4 rings (SSSR count). The number of rotatable bonds is 5. The quantitative estimate of drug-likeness (QED) is 0.292. The van der Waals surface area contributed by atoms with Gasteiger partial charge in [0.25, 0.3) is 0 Å². The van der Waals surface area contributed by atoms with Gasteiger partial charge in [0.15, 0.2) is 0 Å². The standard InChI is InChI=1S/C15H27NO.C14H17F3N4.C2H6.H2/c1-15(17,14-8-3-2-4-9-14)16-10-12-6-5-7-13(12)11-16;1-3-4-9(13(19)20)8(2)12(18)10-7-21-6-5-11(10)14(15,16)17;1-2;/h12-14,17H,2-11H2,1H3;3-7H,18-20H2,1-2H3;1-2H3;1H/b;4-3-,12-8-;;. The molecule has 2 heterocycles. The summed E-state index contributed by atoms with van der Waals surface area (Å²) in [4.78, 5) is 6.12. The molecule has 2 aliphatic carbocycles. The first kappa shape index (κ1) is 33.7. The van der Waals surface area contributed by atoms with Crippen LogP contribution in [0.25, 0.3) is 5.70 Å². The lowest BCUT2D eigenvalue weighted by Gasteiger charge is -2.42. The number of allylic oxidation sites excluding steroid dienone is 4. The zero-order valence-electron chi connectivity index (χ0n) is 24.9. The third-order valence-corrected chi connectivity index (χ3v) is 8.61. The number of nitrogens with two attached hydrogens (primary N) is 3. The van der Waals surface area contributed by atoms with Crippen LogP contribution in [0, 0.1) is 17.8 Å². The van der Waals surface area contributed by atoms with E-state index in [-0.39, 0.29) is 18.5 Å². The highest BCUT2D eigenvalue weighted by molar-refractivity contribution is 5.72. The topological polar surface area (TPSA) is 114 Å². The molecule has 3 atom stereocenters. The molecule has 1 aromatic heterocycles. The number of hydrogen-bond donors (Lipinski definition) is 4. The molecule has 1 saturated heterocycles. The predicted octanol–water partition coefficient (Wildman–Crippen LogP) is 6.77. The minimum atomic E-state index is -4.53. The molecule has 0 amide bonds. The second-order valence-corrected chi connectivity index (χ2v) is 11.1. The number of fused-ring (bicyclic) bond motifs is 1. The van der Waals surface area contributed by atoms with E-state index >= 15 is 0 Å². The number of likely N-dealkylation sites (tertiary alicyclic amines) is 1. The third-order valence-electron chi connectivity index (χ3n) is 8.61. The number of aliphatic hydroxyl groups is 1. The van der Waals surface area contributed by atoms with Crippen molar-refractivity contribution in [2.45, 2.75) is 97.9 Å². The van der Waals surface area contributed by atoms with Gasteiger partial charge in [-0.15, -0.1) is 0 Å². The van der Waals surface area contributed by atoms with Gasteiger partial charge in [-0.25, -0.2) is 0 Å². The summed E-state index contributed by atoms with van der Waals surface area (Å²) in [5.41, 5.74) is 16.0. The molecule has 9 heteroatoms. The molecule has 6 nitrogen and oxygen atoms in total. The summed E-state index contributed by atoms with van der Waals surface area (Å²) < 4.78 is 39.0. The summed E-state index contributed by atoms with van der Waals surface area (Å²) >= 11 is 0. The van der Waals surface area contributed by atoms with E-state index in [1.165, 1.54) is 51.4 Å². The van der Waals surface area contributed by atoms with Gasteiger partial charge < -0.3 is 22.3 Å². The molecular formula is C31H52F3N5O. The largest absolute Gasteiger partial charge is 0.417 e. The van der Waals surface area contributed by atoms with Crippen LogP contribution in [-0.4, -0.2) is 33.8 Å². The highest BCUT2D eigenvalue weighted by atomic mass is 19.4. The van der Waals surface area contributed by atoms with Crippen LogP contribution >= 0.6 is 0 Å². The van der Waals surface area contributed by atoms with Gasteiger partial charge in [0.1, 0.15) is 11.5 Å². The van der Waals surface area contributed by atoms with Gasteiger partial charge in [-0.2, -0.15) is 13.2 Å². The second kappa shape index (κ2) is 14.9. The molecule has 228 valence electrons. The van der Waals surface area contributed by atoms with Crippen LogP contribution in [0.1, 0.15) is 98.5 Å². The SMILES string of the molecule is C/C=C\C(=C(N)N)/C(C)=C(\N)c1cnccc1C(F)(F)F.CC.CC(O)(C1CCCCC1)N1CC2CCCC2C1.[HH]. The van der Waals surface area contributed by atoms with Gasteiger partial charge in [-0.05, 0) is 69.9 Å². The van der Waals surface area contributed by atoms with Crippen LogP contribution in [0.3, 0.4) is 0 Å². The summed E-state index contributed by atoms with van der Waals surface area (Å²) in [6, 6.07) is 0.875. The smallest absolute Gasteiger partial charge is 0.398 e. The number of pyridine rings is 1. The maximum Gasteiger partial charge on any atom is 0.417 e. The Morgan fingerprint density at radius 2 is 1.60 bits per heavy atom. The Bertz CT molecular complexity index is 1030. The Kier molecular flexibility index (Phi) is 12.6. The number of hydrogen-bond acceptors (Lipinski definition) is 6. The normalized spacial score (nSPS) is 23.7. The maximum absolute atomic E-state index is 13.0. The average Bonchev–Trinajstić information content (AvgIpc) is 3.56. The lowest BCUT2D eigenvalue weighted by molar-refractivity contribution is -0.138. The van der Waals surface area contributed by atoms with Crippen molar-refractivity contribution in [1.82, 2.24) is 9.88 Å². The Balaban J connectivity index is 0.000000383. The first-order valence-corrected chi connectivity index (χ1v) is 14.7. The number of aromatic nitrogens is 1. The molecule has 1 aliphatic heterocycles. The molecule has 3 unspecified atom stereocenters. The molecule has 7 N–H and O–H groups in total. The number of halogens is 3. The van der Waals surface area contributed by atoms with Gasteiger partial charge in [0, 0.05) is 49.7 Å². The van der Waals surface area contributed by atoms with Crippen LogP contribution in [0.2, 0.25) is 0 Å². The summed E-state index contributed by atoms with van der Waals surface area (Å²) in [6.07, 6.45) is 11.6. The monoisotopic (exact) mass is 567 g/mol. The average molecular weight is 568 g/mol. The van der Waals surface area contributed by atoms with Crippen LogP contribution < -0.4 is 17.2 Å². The van der Waals surface area contributed by atoms with Crippen molar-refractivity contribution >= 4 is 5.70 Å². The van der Waals surface area contributed by atoms with Gasteiger partial charge >= 0.3 is 6.18 Å². The maximum atomic E-state index is 13.0. The first-order valence-electron chi connectivity index (χ1n) is 14.7. The van der Waals surface area contributed by atoms with E-state index < -0.39 is 17.5 Å². The fourth-order valence-corrected chi connectivity index (χ4v) is 6.32. The minimum Gasteiger partial charge on any atom is -0.398 e. The lowest BCUT2D eigenvalue weighted by atomic mass is 9.81.